The maximum Gasteiger partial charge on any atom is 0.251 e. The van der Waals surface area contributed by atoms with Crippen LogP contribution in [-0.4, -0.2) is 36.7 Å². The van der Waals surface area contributed by atoms with E-state index in [9.17, 15) is 13.6 Å². The molecule has 3 heterocycles. The van der Waals surface area contributed by atoms with E-state index in [4.69, 9.17) is 5.73 Å². The molecule has 1 fully saturated rings. The summed E-state index contributed by atoms with van der Waals surface area (Å²) in [6.07, 6.45) is 0.460. The van der Waals surface area contributed by atoms with Crippen LogP contribution in [0.15, 0.2) is 48.5 Å². The van der Waals surface area contributed by atoms with Crippen LogP contribution in [0.4, 0.5) is 20.3 Å². The largest absolute Gasteiger partial charge is 0.383 e. The Bertz CT molecular complexity index is 1160. The number of pyridine rings is 1. The van der Waals surface area contributed by atoms with Crippen molar-refractivity contribution >= 4 is 17.4 Å². The summed E-state index contributed by atoms with van der Waals surface area (Å²) in [5, 5.41) is 2.82. The van der Waals surface area contributed by atoms with Crippen molar-refractivity contribution in [3.63, 3.8) is 0 Å². The topological polar surface area (TPSA) is 71.2 Å². The maximum atomic E-state index is 14.7. The van der Waals surface area contributed by atoms with Crippen LogP contribution in [0.5, 0.6) is 0 Å². The Hall–Kier alpha value is -3.48. The number of benzene rings is 2. The van der Waals surface area contributed by atoms with E-state index >= 15 is 0 Å². The van der Waals surface area contributed by atoms with Gasteiger partial charge in [-0.2, -0.15) is 4.39 Å². The Kier molecular flexibility index (Phi) is 4.81. The molecule has 5 nitrogen and oxygen atoms in total. The zero-order chi connectivity index (χ0) is 21.5. The zero-order valence-corrected chi connectivity index (χ0v) is 16.9. The van der Waals surface area contributed by atoms with Gasteiger partial charge in [0.15, 0.2) is 0 Å². The Morgan fingerprint density at radius 2 is 1.81 bits per heavy atom. The second kappa shape index (κ2) is 7.65. The Morgan fingerprint density at radius 3 is 2.55 bits per heavy atom. The van der Waals surface area contributed by atoms with Gasteiger partial charge in [-0.1, -0.05) is 24.3 Å². The molecule has 1 aromatic heterocycles. The normalized spacial score (nSPS) is 18.1. The summed E-state index contributed by atoms with van der Waals surface area (Å²) in [5.41, 5.74) is 11.0. The lowest BCUT2D eigenvalue weighted by atomic mass is 9.94. The molecule has 1 atom stereocenters. The molecule has 2 aliphatic rings. The summed E-state index contributed by atoms with van der Waals surface area (Å²) in [5.74, 6) is -0.628. The number of carbonyl (C=O) groups excluding carboxylic acids is 1. The number of aromatic nitrogens is 1. The summed E-state index contributed by atoms with van der Waals surface area (Å²) < 4.78 is 28.2. The molecule has 0 radical (unpaired) electrons. The highest BCUT2D eigenvalue weighted by Gasteiger charge is 2.22. The summed E-state index contributed by atoms with van der Waals surface area (Å²) in [4.78, 5) is 17.9. The first kappa shape index (κ1) is 19.5. The van der Waals surface area contributed by atoms with Gasteiger partial charge in [0.25, 0.3) is 5.91 Å². The molecule has 0 bridgehead atoms. The van der Waals surface area contributed by atoms with Crippen molar-refractivity contribution in [2.45, 2.75) is 19.0 Å². The third kappa shape index (κ3) is 3.60. The highest BCUT2D eigenvalue weighted by atomic mass is 19.1. The molecule has 31 heavy (non-hydrogen) atoms. The van der Waals surface area contributed by atoms with Crippen LogP contribution in [0.2, 0.25) is 0 Å². The molecule has 158 valence electrons. The lowest BCUT2D eigenvalue weighted by molar-refractivity contribution is 0.0946. The van der Waals surface area contributed by atoms with Crippen LogP contribution in [-0.2, 0) is 6.42 Å². The number of hydrogen-bond acceptors (Lipinski definition) is 4. The quantitative estimate of drug-likeness (QED) is 0.629. The Morgan fingerprint density at radius 1 is 1.03 bits per heavy atom. The molecule has 7 heteroatoms. The molecular formula is C24H22F2N4O. The van der Waals surface area contributed by atoms with Gasteiger partial charge in [-0.15, -0.1) is 0 Å². The van der Waals surface area contributed by atoms with E-state index < -0.39 is 12.1 Å². The zero-order valence-electron chi connectivity index (χ0n) is 16.9. The van der Waals surface area contributed by atoms with E-state index in [2.05, 4.69) is 10.3 Å². The number of carbonyl (C=O) groups is 1. The van der Waals surface area contributed by atoms with Gasteiger partial charge in [-0.3, -0.25) is 4.79 Å². The van der Waals surface area contributed by atoms with E-state index in [0.29, 0.717) is 48.3 Å². The van der Waals surface area contributed by atoms with Crippen LogP contribution in [0.1, 0.15) is 22.3 Å². The van der Waals surface area contributed by atoms with Gasteiger partial charge in [0.05, 0.1) is 0 Å². The molecule has 0 spiro atoms. The Labute approximate surface area is 178 Å². The van der Waals surface area contributed by atoms with Gasteiger partial charge in [-0.25, -0.2) is 9.37 Å². The van der Waals surface area contributed by atoms with Gasteiger partial charge in [0.2, 0.25) is 5.95 Å². The highest BCUT2D eigenvalue weighted by molar-refractivity contribution is 5.97. The third-order valence-corrected chi connectivity index (χ3v) is 6.02. The van der Waals surface area contributed by atoms with Gasteiger partial charge >= 0.3 is 0 Å². The second-order valence-corrected chi connectivity index (χ2v) is 8.02. The van der Waals surface area contributed by atoms with Crippen LogP contribution in [0, 0.1) is 5.95 Å². The lowest BCUT2D eigenvalue weighted by Gasteiger charge is -2.19. The predicted molar refractivity (Wildman–Crippen MR) is 117 cm³/mol. The molecular weight excluding hydrogens is 398 g/mol. The molecule has 3 N–H and O–H groups in total. The number of rotatable bonds is 3. The molecule has 0 unspecified atom stereocenters. The van der Waals surface area contributed by atoms with Crippen molar-refractivity contribution in [3.05, 3.63) is 65.6 Å². The molecule has 1 saturated heterocycles. The van der Waals surface area contributed by atoms with Crippen molar-refractivity contribution in [3.8, 4) is 22.3 Å². The monoisotopic (exact) mass is 420 g/mol. The number of nitrogens with zero attached hydrogens (tertiary/aromatic N) is 2. The van der Waals surface area contributed by atoms with Crippen molar-refractivity contribution < 1.29 is 13.6 Å². The first-order chi connectivity index (χ1) is 15.0. The number of alkyl halides is 1. The third-order valence-electron chi connectivity index (χ3n) is 6.02. The van der Waals surface area contributed by atoms with E-state index in [1.807, 2.05) is 41.3 Å². The number of anilines is 2. The minimum Gasteiger partial charge on any atom is -0.383 e. The number of nitrogens with two attached hydrogens (primary N) is 1. The van der Waals surface area contributed by atoms with E-state index in [1.165, 1.54) is 0 Å². The fourth-order valence-electron chi connectivity index (χ4n) is 4.34. The van der Waals surface area contributed by atoms with Crippen LogP contribution < -0.4 is 16.0 Å². The van der Waals surface area contributed by atoms with Gasteiger partial charge in [0.1, 0.15) is 12.0 Å². The van der Waals surface area contributed by atoms with E-state index in [0.717, 1.165) is 23.2 Å². The maximum absolute atomic E-state index is 14.7. The van der Waals surface area contributed by atoms with Crippen molar-refractivity contribution in [1.29, 1.82) is 0 Å². The van der Waals surface area contributed by atoms with Crippen molar-refractivity contribution in [1.82, 2.24) is 10.3 Å². The summed E-state index contributed by atoms with van der Waals surface area (Å²) >= 11 is 0. The van der Waals surface area contributed by atoms with Crippen LogP contribution in [0.25, 0.3) is 22.3 Å². The van der Waals surface area contributed by atoms with E-state index in [-0.39, 0.29) is 11.7 Å². The average molecular weight is 420 g/mol. The van der Waals surface area contributed by atoms with Crippen LogP contribution in [0.3, 0.4) is 0 Å². The molecule has 3 aromatic rings. The first-order valence-corrected chi connectivity index (χ1v) is 10.4. The SMILES string of the molecule is Nc1nc(F)c(-c2ccc(N3CC[C@@H](F)C3)cc2)cc1-c1ccc2c(c1)CCNC2=O. The minimum atomic E-state index is -0.802. The number of halogens is 2. The fraction of sp³-hybridized carbons (Fsp3) is 0.250. The summed E-state index contributed by atoms with van der Waals surface area (Å²) in [6.45, 7) is 1.65. The second-order valence-electron chi connectivity index (χ2n) is 8.02. The highest BCUT2D eigenvalue weighted by Crippen LogP contribution is 2.34. The standard InChI is InChI=1S/C24H22F2N4O/c25-17-8-10-30(13-17)18-4-1-14(2-5-18)20-12-21(23(27)29-22(20)26)15-3-6-19-16(11-15)7-9-28-24(19)31/h1-6,11-12,17H,7-10,13H2,(H2,27,29)(H,28,31)/t17-/m1/s1. The molecule has 1 amide bonds. The van der Waals surface area contributed by atoms with Crippen molar-refractivity contribution in [2.24, 2.45) is 0 Å². The molecule has 5 rings (SSSR count). The predicted octanol–water partition coefficient (Wildman–Crippen LogP) is 3.97. The molecule has 2 aromatic carbocycles. The number of fused-ring (bicyclic) bond motifs is 1. The van der Waals surface area contributed by atoms with Gasteiger partial charge in [0, 0.05) is 42.0 Å². The minimum absolute atomic E-state index is 0.0872. The van der Waals surface area contributed by atoms with Crippen molar-refractivity contribution in [2.75, 3.05) is 30.3 Å². The number of nitrogen functional groups attached to an aromatic ring is 1. The smallest absolute Gasteiger partial charge is 0.251 e. The fourth-order valence-corrected chi connectivity index (χ4v) is 4.34. The number of hydrogen-bond donors (Lipinski definition) is 2. The average Bonchev–Trinajstić information content (AvgIpc) is 3.20. The van der Waals surface area contributed by atoms with Gasteiger partial charge < -0.3 is 16.0 Å². The Balaban J connectivity index is 1.50. The molecule has 2 aliphatic heterocycles. The number of amides is 1. The molecule has 0 aliphatic carbocycles. The molecule has 0 saturated carbocycles. The lowest BCUT2D eigenvalue weighted by Crippen LogP contribution is -2.31. The summed E-state index contributed by atoms with van der Waals surface area (Å²) in [7, 11) is 0. The summed E-state index contributed by atoms with van der Waals surface area (Å²) in [6, 6.07) is 14.6. The van der Waals surface area contributed by atoms with Crippen LogP contribution >= 0.6 is 0 Å². The van der Waals surface area contributed by atoms with E-state index in [1.54, 1.807) is 12.1 Å². The first-order valence-electron chi connectivity index (χ1n) is 10.4. The van der Waals surface area contributed by atoms with Gasteiger partial charge in [-0.05, 0) is 53.8 Å². The number of nitrogens with one attached hydrogen (secondary N) is 1.